The number of rotatable bonds is 18. The Bertz CT molecular complexity index is 4200. The van der Waals surface area contributed by atoms with E-state index in [1.54, 1.807) is 24.3 Å². The molecule has 10 heteroatoms. The summed E-state index contributed by atoms with van der Waals surface area (Å²) in [6, 6.07) is 50.1. The van der Waals surface area contributed by atoms with Crippen LogP contribution in [-0.4, -0.2) is 23.6 Å². The van der Waals surface area contributed by atoms with Gasteiger partial charge in [0, 0.05) is 43.1 Å². The number of benzene rings is 11. The summed E-state index contributed by atoms with van der Waals surface area (Å²) in [6.07, 6.45) is 2.47. The molecule has 90 heavy (non-hydrogen) atoms. The third-order valence-electron chi connectivity index (χ3n) is 17.5. The number of nitrogens with zero attached hydrogens (tertiary/aromatic N) is 2. The summed E-state index contributed by atoms with van der Waals surface area (Å²) in [5, 5.41) is 3.54. The van der Waals surface area contributed by atoms with Crippen molar-refractivity contribution in [1.82, 2.24) is 0 Å². The highest BCUT2D eigenvalue weighted by Gasteiger charge is 2.44. The maximum atomic E-state index is 16.4. The van der Waals surface area contributed by atoms with Crippen molar-refractivity contribution in [3.8, 4) is 46.0 Å². The van der Waals surface area contributed by atoms with Crippen LogP contribution in [0.4, 0.5) is 11.4 Å². The second kappa shape index (κ2) is 23.3. The maximum Gasteiger partial charge on any atom is 0.266 e. The Kier molecular flexibility index (Phi) is 15.3. The van der Waals surface area contributed by atoms with Gasteiger partial charge in [-0.3, -0.25) is 19.2 Å². The molecule has 2 aliphatic heterocycles. The van der Waals surface area contributed by atoms with Gasteiger partial charge in [-0.1, -0.05) is 165 Å². The number of fused-ring (bicyclic) bond motifs is 2. The van der Waals surface area contributed by atoms with Crippen LogP contribution in [0.15, 0.2) is 158 Å². The summed E-state index contributed by atoms with van der Waals surface area (Å²) >= 11 is 0. The van der Waals surface area contributed by atoms with Gasteiger partial charge >= 0.3 is 0 Å². The van der Waals surface area contributed by atoms with Crippen molar-refractivity contribution in [3.05, 3.63) is 224 Å². The number of para-hydroxylation sites is 6. The van der Waals surface area contributed by atoms with Gasteiger partial charge in [0.15, 0.2) is 0 Å². The standard InChI is InChI=1S/C80H74N2O8/c1-43(2)35-51-27-21-28-52(36-44(3)4)75(51)81-77(83)55-39-63(87-59-31-17-13-23-47(59)9)69-71-65(89-61-33-19-15-25-49(61)11)41-57-68-58(80(86)82(79(57)85)76-53(37-45(5)6)29-22-30-54(76)38-46(7)8)42-66(90-62-34-20-16-26-50(62)12)72(74(68)71)70-64(88-60-32-18-14-24-48(60)10)40-56(78(81)84)67(55)73(69)70/h13-34,39-46H,35-38H2,1-12H3. The number of imide groups is 2. The van der Waals surface area contributed by atoms with Crippen LogP contribution in [0, 0.1) is 51.4 Å². The minimum Gasteiger partial charge on any atom is -0.456 e. The first-order valence-corrected chi connectivity index (χ1v) is 31.6. The molecule has 0 unspecified atom stereocenters. The molecule has 0 saturated carbocycles. The van der Waals surface area contributed by atoms with Crippen molar-refractivity contribution in [2.75, 3.05) is 9.80 Å². The van der Waals surface area contributed by atoms with Crippen molar-refractivity contribution < 1.29 is 38.1 Å². The van der Waals surface area contributed by atoms with E-state index in [2.05, 4.69) is 55.4 Å². The van der Waals surface area contributed by atoms with Crippen molar-refractivity contribution in [1.29, 1.82) is 0 Å². The van der Waals surface area contributed by atoms with Gasteiger partial charge in [-0.2, -0.15) is 0 Å². The Labute approximate surface area is 526 Å². The SMILES string of the molecule is Cc1ccccc1Oc1cc2c3c(cc(Oc4ccccc4C)c4c5c(Oc6ccccc6C)cc6c7c(cc(Oc8ccccc8C)c(c1c34)c75)C(=O)N(c1c(CC(C)C)cccc1CC(C)C)C6=O)C(=O)N(c1c(CC(C)C)cccc1CC(C)C)C2=O. The molecule has 11 aromatic rings. The predicted molar refractivity (Wildman–Crippen MR) is 362 cm³/mol. The highest BCUT2D eigenvalue weighted by Crippen LogP contribution is 2.59. The van der Waals surface area contributed by atoms with Crippen molar-refractivity contribution in [2.24, 2.45) is 23.7 Å². The molecule has 2 heterocycles. The lowest BCUT2D eigenvalue weighted by molar-refractivity contribution is 0.0877. The number of anilines is 2. The Balaban J connectivity index is 1.26. The normalized spacial score (nSPS) is 13.3. The zero-order valence-electron chi connectivity index (χ0n) is 53.3. The quantitative estimate of drug-likeness (QED) is 0.0474. The summed E-state index contributed by atoms with van der Waals surface area (Å²) in [5.74, 6) is 1.89. The van der Waals surface area contributed by atoms with E-state index in [0.717, 1.165) is 44.5 Å². The lowest BCUT2D eigenvalue weighted by Gasteiger charge is -2.34. The fourth-order valence-corrected chi connectivity index (χ4v) is 13.7. The highest BCUT2D eigenvalue weighted by atomic mass is 16.5. The molecule has 0 N–H and O–H groups in total. The molecule has 0 bridgehead atoms. The molecule has 10 nitrogen and oxygen atoms in total. The van der Waals surface area contributed by atoms with E-state index in [-0.39, 0.29) is 68.9 Å². The number of carbonyl (C=O) groups is 4. The molecule has 4 amide bonds. The molecular formula is C80H74N2O8. The maximum absolute atomic E-state index is 16.4. The third kappa shape index (κ3) is 10.2. The number of hydrogen-bond acceptors (Lipinski definition) is 8. The average Bonchev–Trinajstić information content (AvgIpc) is 0.672. The summed E-state index contributed by atoms with van der Waals surface area (Å²) in [6.45, 7) is 25.0. The first-order valence-electron chi connectivity index (χ1n) is 31.6. The number of hydrogen-bond donors (Lipinski definition) is 0. The van der Waals surface area contributed by atoms with Crippen LogP contribution in [0.3, 0.4) is 0 Å². The fourth-order valence-electron chi connectivity index (χ4n) is 13.7. The van der Waals surface area contributed by atoms with Crippen LogP contribution in [0.2, 0.25) is 0 Å². The van der Waals surface area contributed by atoms with Gasteiger partial charge in [-0.05, 0) is 170 Å². The van der Waals surface area contributed by atoms with Gasteiger partial charge in [0.25, 0.3) is 23.6 Å². The van der Waals surface area contributed by atoms with Gasteiger partial charge < -0.3 is 18.9 Å². The van der Waals surface area contributed by atoms with Crippen LogP contribution in [0.25, 0.3) is 43.1 Å². The van der Waals surface area contributed by atoms with E-state index in [1.165, 1.54) is 9.80 Å². The van der Waals surface area contributed by atoms with Crippen LogP contribution >= 0.6 is 0 Å². The molecule has 0 aliphatic carbocycles. The van der Waals surface area contributed by atoms with E-state index < -0.39 is 23.6 Å². The lowest BCUT2D eigenvalue weighted by Crippen LogP contribution is -2.42. The second-order valence-electron chi connectivity index (χ2n) is 26.3. The molecule has 0 spiro atoms. The van der Waals surface area contributed by atoms with Crippen LogP contribution in [0.5, 0.6) is 46.0 Å². The first-order chi connectivity index (χ1) is 43.3. The number of amides is 4. The van der Waals surface area contributed by atoms with E-state index in [1.807, 2.05) is 161 Å². The molecule has 0 atom stereocenters. The molecule has 0 fully saturated rings. The van der Waals surface area contributed by atoms with Gasteiger partial charge in [0.2, 0.25) is 0 Å². The molecule has 13 rings (SSSR count). The van der Waals surface area contributed by atoms with E-state index in [9.17, 15) is 0 Å². The molecular weight excluding hydrogens is 1120 g/mol. The lowest BCUT2D eigenvalue weighted by atomic mass is 9.80. The van der Waals surface area contributed by atoms with Crippen LogP contribution < -0.4 is 28.7 Å². The largest absolute Gasteiger partial charge is 0.456 e. The number of ether oxygens (including phenoxy) is 4. The zero-order valence-corrected chi connectivity index (χ0v) is 53.3. The molecule has 0 aromatic heterocycles. The predicted octanol–water partition coefficient (Wildman–Crippen LogP) is 20.5. The van der Waals surface area contributed by atoms with Gasteiger partial charge in [0.1, 0.15) is 46.0 Å². The van der Waals surface area contributed by atoms with E-state index in [4.69, 9.17) is 18.9 Å². The Morgan fingerprint density at radius 1 is 0.278 bits per heavy atom. The highest BCUT2D eigenvalue weighted by molar-refractivity contribution is 6.48. The molecule has 0 radical (unpaired) electrons. The summed E-state index contributed by atoms with van der Waals surface area (Å²) in [5.41, 5.74) is 8.95. The zero-order chi connectivity index (χ0) is 63.1. The van der Waals surface area contributed by atoms with E-state index in [0.29, 0.717) is 103 Å². The fraction of sp³-hybridized carbons (Fsp3) is 0.250. The van der Waals surface area contributed by atoms with Gasteiger partial charge in [0.05, 0.1) is 33.6 Å². The average molecular weight is 1190 g/mol. The van der Waals surface area contributed by atoms with Crippen molar-refractivity contribution in [3.63, 3.8) is 0 Å². The van der Waals surface area contributed by atoms with Crippen LogP contribution in [-0.2, 0) is 25.7 Å². The van der Waals surface area contributed by atoms with Crippen LogP contribution in [0.1, 0.15) is 141 Å². The summed E-state index contributed by atoms with van der Waals surface area (Å²) < 4.78 is 29.5. The molecule has 452 valence electrons. The second-order valence-corrected chi connectivity index (χ2v) is 26.3. The monoisotopic (exact) mass is 1190 g/mol. The number of aryl methyl sites for hydroxylation is 4. The minimum absolute atomic E-state index is 0.197. The van der Waals surface area contributed by atoms with Crippen molar-refractivity contribution in [2.45, 2.75) is 109 Å². The van der Waals surface area contributed by atoms with E-state index >= 15 is 19.2 Å². The summed E-state index contributed by atoms with van der Waals surface area (Å²) in [7, 11) is 0. The molecule has 11 aromatic carbocycles. The van der Waals surface area contributed by atoms with Gasteiger partial charge in [-0.15, -0.1) is 0 Å². The molecule has 2 aliphatic rings. The smallest absolute Gasteiger partial charge is 0.266 e. The molecule has 0 saturated heterocycles. The Morgan fingerprint density at radius 3 is 0.711 bits per heavy atom. The third-order valence-corrected chi connectivity index (χ3v) is 17.5. The minimum atomic E-state index is -0.511. The van der Waals surface area contributed by atoms with Gasteiger partial charge in [-0.25, -0.2) is 9.80 Å². The Morgan fingerprint density at radius 2 is 0.500 bits per heavy atom. The topological polar surface area (TPSA) is 112 Å². The summed E-state index contributed by atoms with van der Waals surface area (Å²) in [4.78, 5) is 68.6. The number of carbonyl (C=O) groups excluding carboxylic acids is 4. The first kappa shape index (κ1) is 59.2. The van der Waals surface area contributed by atoms with Crippen molar-refractivity contribution >= 4 is 78.1 Å². The Hall–Kier alpha value is -9.80.